The molecule has 0 radical (unpaired) electrons. The Bertz CT molecular complexity index is 413. The van der Waals surface area contributed by atoms with Gasteiger partial charge in [-0.1, -0.05) is 12.1 Å². The van der Waals surface area contributed by atoms with Gasteiger partial charge >= 0.3 is 6.18 Å². The Morgan fingerprint density at radius 3 is 2.62 bits per heavy atom. The minimum Gasteiger partial charge on any atom is -0.288 e. The maximum atomic E-state index is 12.3. The molecule has 0 saturated heterocycles. The standard InChI is InChI=1S/C10H8F3NO2/c11-10(12,13)8-3-1-2-7(6-8)4-5-9(15)14-16/h1-6,16H,(H,14,15)/b5-4+. The second kappa shape index (κ2) is 4.80. The van der Waals surface area contributed by atoms with Crippen LogP contribution in [-0.4, -0.2) is 11.1 Å². The molecule has 0 fully saturated rings. The largest absolute Gasteiger partial charge is 0.416 e. The van der Waals surface area contributed by atoms with E-state index >= 15 is 0 Å². The maximum absolute atomic E-state index is 12.3. The topological polar surface area (TPSA) is 49.3 Å². The number of benzene rings is 1. The molecule has 1 aromatic rings. The van der Waals surface area contributed by atoms with Gasteiger partial charge in [-0.15, -0.1) is 0 Å². The molecule has 0 bridgehead atoms. The predicted molar refractivity (Wildman–Crippen MR) is 50.4 cm³/mol. The number of carbonyl (C=O) groups excluding carboxylic acids is 1. The maximum Gasteiger partial charge on any atom is 0.416 e. The first-order valence-electron chi connectivity index (χ1n) is 4.23. The summed E-state index contributed by atoms with van der Waals surface area (Å²) >= 11 is 0. The molecule has 2 N–H and O–H groups in total. The van der Waals surface area contributed by atoms with Crippen LogP contribution in [-0.2, 0) is 11.0 Å². The van der Waals surface area contributed by atoms with Crippen molar-refractivity contribution in [2.75, 3.05) is 0 Å². The lowest BCUT2D eigenvalue weighted by Gasteiger charge is -2.06. The minimum atomic E-state index is -4.41. The molecule has 0 aliphatic rings. The van der Waals surface area contributed by atoms with E-state index in [2.05, 4.69) is 0 Å². The van der Waals surface area contributed by atoms with Crippen molar-refractivity contribution >= 4 is 12.0 Å². The third-order valence-electron chi connectivity index (χ3n) is 1.75. The number of amides is 1. The SMILES string of the molecule is O=C(/C=C/c1cccc(C(F)(F)F)c1)NO. The van der Waals surface area contributed by atoms with E-state index in [1.165, 1.54) is 23.7 Å². The van der Waals surface area contributed by atoms with Crippen LogP contribution in [0.5, 0.6) is 0 Å². The van der Waals surface area contributed by atoms with E-state index in [1.54, 1.807) is 0 Å². The molecule has 0 saturated carbocycles. The summed E-state index contributed by atoms with van der Waals surface area (Å²) in [7, 11) is 0. The molecular formula is C10H8F3NO2. The van der Waals surface area contributed by atoms with Crippen molar-refractivity contribution < 1.29 is 23.2 Å². The van der Waals surface area contributed by atoms with Crippen molar-refractivity contribution in [3.05, 3.63) is 41.5 Å². The molecule has 86 valence electrons. The van der Waals surface area contributed by atoms with Crippen molar-refractivity contribution in [2.24, 2.45) is 0 Å². The predicted octanol–water partition coefficient (Wildman–Crippen LogP) is 2.22. The van der Waals surface area contributed by atoms with Crippen LogP contribution in [0.25, 0.3) is 6.08 Å². The fourth-order valence-electron chi connectivity index (χ4n) is 1.03. The highest BCUT2D eigenvalue weighted by atomic mass is 19.4. The minimum absolute atomic E-state index is 0.221. The Hall–Kier alpha value is -1.82. The molecule has 0 aliphatic heterocycles. The van der Waals surface area contributed by atoms with Gasteiger partial charge in [-0.3, -0.25) is 10.0 Å². The molecule has 1 aromatic carbocycles. The molecule has 16 heavy (non-hydrogen) atoms. The molecule has 0 heterocycles. The fraction of sp³-hybridized carbons (Fsp3) is 0.100. The van der Waals surface area contributed by atoms with Crippen molar-refractivity contribution in [1.29, 1.82) is 0 Å². The third kappa shape index (κ3) is 3.39. The molecule has 0 unspecified atom stereocenters. The number of hydrogen-bond acceptors (Lipinski definition) is 2. The average Bonchev–Trinajstić information content (AvgIpc) is 2.25. The molecule has 1 amide bonds. The summed E-state index contributed by atoms with van der Waals surface area (Å²) in [6, 6.07) is 4.49. The van der Waals surface area contributed by atoms with Gasteiger partial charge in [-0.2, -0.15) is 13.2 Å². The van der Waals surface area contributed by atoms with Crippen molar-refractivity contribution in [3.8, 4) is 0 Å². The second-order valence-electron chi connectivity index (χ2n) is 2.93. The summed E-state index contributed by atoms with van der Waals surface area (Å²) in [5.74, 6) is -0.808. The fourth-order valence-corrected chi connectivity index (χ4v) is 1.03. The Morgan fingerprint density at radius 1 is 1.38 bits per heavy atom. The van der Waals surface area contributed by atoms with E-state index < -0.39 is 17.6 Å². The number of hydroxylamine groups is 1. The zero-order chi connectivity index (χ0) is 12.2. The van der Waals surface area contributed by atoms with Gasteiger partial charge in [0.25, 0.3) is 5.91 Å². The normalized spacial score (nSPS) is 11.8. The summed E-state index contributed by atoms with van der Waals surface area (Å²) in [5, 5.41) is 8.17. The average molecular weight is 231 g/mol. The van der Waals surface area contributed by atoms with Crippen LogP contribution in [0.4, 0.5) is 13.2 Å². The van der Waals surface area contributed by atoms with Gasteiger partial charge in [0, 0.05) is 6.08 Å². The Kier molecular flexibility index (Phi) is 3.68. The van der Waals surface area contributed by atoms with Crippen LogP contribution in [0.2, 0.25) is 0 Å². The number of rotatable bonds is 2. The van der Waals surface area contributed by atoms with Crippen molar-refractivity contribution in [2.45, 2.75) is 6.18 Å². The van der Waals surface area contributed by atoms with E-state index in [0.717, 1.165) is 18.2 Å². The van der Waals surface area contributed by atoms with Crippen LogP contribution in [0, 0.1) is 0 Å². The second-order valence-corrected chi connectivity index (χ2v) is 2.93. The van der Waals surface area contributed by atoms with Gasteiger partial charge in [0.1, 0.15) is 0 Å². The smallest absolute Gasteiger partial charge is 0.288 e. The van der Waals surface area contributed by atoms with Crippen LogP contribution in [0.1, 0.15) is 11.1 Å². The molecule has 1 rings (SSSR count). The first-order valence-corrected chi connectivity index (χ1v) is 4.23. The van der Waals surface area contributed by atoms with Crippen LogP contribution in [0.3, 0.4) is 0 Å². The highest BCUT2D eigenvalue weighted by molar-refractivity contribution is 5.90. The van der Waals surface area contributed by atoms with E-state index in [0.29, 0.717) is 0 Å². The summed E-state index contributed by atoms with van der Waals surface area (Å²) < 4.78 is 36.9. The lowest BCUT2D eigenvalue weighted by molar-refractivity contribution is -0.137. The van der Waals surface area contributed by atoms with E-state index in [-0.39, 0.29) is 5.56 Å². The zero-order valence-corrected chi connectivity index (χ0v) is 7.95. The number of hydrogen-bond donors (Lipinski definition) is 2. The van der Waals surface area contributed by atoms with Gasteiger partial charge in [0.15, 0.2) is 0 Å². The van der Waals surface area contributed by atoms with Crippen molar-refractivity contribution in [3.63, 3.8) is 0 Å². The number of halogens is 3. The van der Waals surface area contributed by atoms with Crippen LogP contribution < -0.4 is 5.48 Å². The molecule has 0 spiro atoms. The van der Waals surface area contributed by atoms with Gasteiger partial charge in [0.05, 0.1) is 5.56 Å². The summed E-state index contributed by atoms with van der Waals surface area (Å²) in [6.07, 6.45) is -2.32. The third-order valence-corrected chi connectivity index (χ3v) is 1.75. The highest BCUT2D eigenvalue weighted by Crippen LogP contribution is 2.29. The summed E-state index contributed by atoms with van der Waals surface area (Å²) in [4.78, 5) is 10.6. The van der Waals surface area contributed by atoms with E-state index in [1.807, 2.05) is 0 Å². The first-order chi connectivity index (χ1) is 7.43. The van der Waals surface area contributed by atoms with Gasteiger partial charge in [-0.05, 0) is 23.8 Å². The number of carbonyl (C=O) groups is 1. The Labute approximate surface area is 89.2 Å². The van der Waals surface area contributed by atoms with Gasteiger partial charge < -0.3 is 0 Å². The number of alkyl halides is 3. The molecule has 0 aromatic heterocycles. The molecule has 3 nitrogen and oxygen atoms in total. The molecule has 0 aliphatic carbocycles. The lowest BCUT2D eigenvalue weighted by Crippen LogP contribution is -2.14. The zero-order valence-electron chi connectivity index (χ0n) is 7.95. The van der Waals surface area contributed by atoms with Crippen LogP contribution in [0.15, 0.2) is 30.3 Å². The van der Waals surface area contributed by atoms with Crippen molar-refractivity contribution in [1.82, 2.24) is 5.48 Å². The summed E-state index contributed by atoms with van der Waals surface area (Å²) in [5.41, 5.74) is 0.760. The first kappa shape index (κ1) is 12.3. The van der Waals surface area contributed by atoms with E-state index in [9.17, 15) is 18.0 Å². The quantitative estimate of drug-likeness (QED) is 0.466. The van der Waals surface area contributed by atoms with Crippen LogP contribution >= 0.6 is 0 Å². The molecule has 6 heteroatoms. The van der Waals surface area contributed by atoms with Gasteiger partial charge in [-0.25, -0.2) is 5.48 Å². The highest BCUT2D eigenvalue weighted by Gasteiger charge is 2.30. The summed E-state index contributed by atoms with van der Waals surface area (Å²) in [6.45, 7) is 0. The monoisotopic (exact) mass is 231 g/mol. The Balaban J connectivity index is 2.91. The van der Waals surface area contributed by atoms with E-state index in [4.69, 9.17) is 5.21 Å². The van der Waals surface area contributed by atoms with Gasteiger partial charge in [0.2, 0.25) is 0 Å². The Morgan fingerprint density at radius 2 is 2.06 bits per heavy atom. The molecule has 0 atom stereocenters. The lowest BCUT2D eigenvalue weighted by atomic mass is 10.1. The number of nitrogens with one attached hydrogen (secondary N) is 1. The molecular weight excluding hydrogens is 223 g/mol.